The Hall–Kier alpha value is -2.20. The van der Waals surface area contributed by atoms with Gasteiger partial charge in [-0.3, -0.25) is 4.79 Å². The second kappa shape index (κ2) is 6.50. The molecule has 0 atom stereocenters. The van der Waals surface area contributed by atoms with Crippen molar-refractivity contribution < 1.29 is 14.6 Å². The lowest BCUT2D eigenvalue weighted by molar-refractivity contribution is 0.102. The molecule has 0 aliphatic heterocycles. The first-order chi connectivity index (χ1) is 9.97. The van der Waals surface area contributed by atoms with Crippen LogP contribution in [0, 0.1) is 0 Å². The number of nitrogens with one attached hydrogen (secondary N) is 1. The van der Waals surface area contributed by atoms with Gasteiger partial charge < -0.3 is 15.2 Å². The van der Waals surface area contributed by atoms with Gasteiger partial charge in [-0.15, -0.1) is 0 Å². The summed E-state index contributed by atoms with van der Waals surface area (Å²) in [5.41, 5.74) is 0.650. The van der Waals surface area contributed by atoms with Gasteiger partial charge in [-0.2, -0.15) is 0 Å². The second-order valence-corrected chi connectivity index (χ2v) is 5.21. The van der Waals surface area contributed by atoms with Crippen LogP contribution in [0.5, 0.6) is 11.5 Å². The Morgan fingerprint density at radius 3 is 2.62 bits per heavy atom. The van der Waals surface area contributed by atoms with Crippen molar-refractivity contribution in [2.45, 2.75) is 20.0 Å². The highest BCUT2D eigenvalue weighted by molar-refractivity contribution is 6.31. The monoisotopic (exact) mass is 305 g/mol. The number of phenols is 1. The molecule has 0 bridgehead atoms. The zero-order valence-corrected chi connectivity index (χ0v) is 12.5. The summed E-state index contributed by atoms with van der Waals surface area (Å²) < 4.78 is 5.61. The van der Waals surface area contributed by atoms with E-state index in [1.807, 2.05) is 13.8 Å². The van der Waals surface area contributed by atoms with Gasteiger partial charge in [-0.05, 0) is 44.2 Å². The number of halogens is 1. The fraction of sp³-hybridized carbons (Fsp3) is 0.188. The number of benzene rings is 2. The van der Waals surface area contributed by atoms with Crippen molar-refractivity contribution in [2.75, 3.05) is 5.32 Å². The number of rotatable bonds is 4. The molecule has 0 aromatic heterocycles. The molecule has 0 spiro atoms. The number of ether oxygens (including phenoxy) is 1. The minimum absolute atomic E-state index is 0.000735. The molecule has 0 aliphatic rings. The third kappa shape index (κ3) is 3.89. The first-order valence-electron chi connectivity index (χ1n) is 6.53. The van der Waals surface area contributed by atoms with E-state index >= 15 is 0 Å². The SMILES string of the molecule is CC(C)Oc1ccc(Cl)cc1C(=O)Nc1ccccc1O. The van der Waals surface area contributed by atoms with E-state index in [1.54, 1.807) is 30.3 Å². The molecule has 2 N–H and O–H groups in total. The van der Waals surface area contributed by atoms with Crippen molar-refractivity contribution in [3.05, 3.63) is 53.1 Å². The number of hydrogen-bond acceptors (Lipinski definition) is 3. The van der Waals surface area contributed by atoms with E-state index in [-0.39, 0.29) is 11.9 Å². The van der Waals surface area contributed by atoms with Crippen LogP contribution in [0.4, 0.5) is 5.69 Å². The van der Waals surface area contributed by atoms with Crippen LogP contribution in [0.15, 0.2) is 42.5 Å². The van der Waals surface area contributed by atoms with Gasteiger partial charge in [0, 0.05) is 5.02 Å². The molecule has 2 rings (SSSR count). The number of hydrogen-bond donors (Lipinski definition) is 2. The Morgan fingerprint density at radius 1 is 1.24 bits per heavy atom. The highest BCUT2D eigenvalue weighted by Gasteiger charge is 2.15. The Kier molecular flexibility index (Phi) is 4.70. The van der Waals surface area contributed by atoms with Crippen molar-refractivity contribution in [2.24, 2.45) is 0 Å². The van der Waals surface area contributed by atoms with E-state index in [9.17, 15) is 9.90 Å². The summed E-state index contributed by atoms with van der Waals surface area (Å²) in [6.07, 6.45) is -0.0668. The van der Waals surface area contributed by atoms with Crippen molar-refractivity contribution in [1.29, 1.82) is 0 Å². The number of anilines is 1. The molecule has 0 heterocycles. The maximum atomic E-state index is 12.4. The van der Waals surface area contributed by atoms with Crippen molar-refractivity contribution in [3.8, 4) is 11.5 Å². The van der Waals surface area contributed by atoms with E-state index in [0.717, 1.165) is 0 Å². The Labute approximate surface area is 128 Å². The number of carbonyl (C=O) groups is 1. The van der Waals surface area contributed by atoms with Gasteiger partial charge in [0.25, 0.3) is 5.91 Å². The maximum absolute atomic E-state index is 12.4. The number of para-hydroxylation sites is 2. The standard InChI is InChI=1S/C16H16ClNO3/c1-10(2)21-15-8-7-11(17)9-12(15)16(20)18-13-5-3-4-6-14(13)19/h3-10,19H,1-2H3,(H,18,20). The molecular formula is C16H16ClNO3. The smallest absolute Gasteiger partial charge is 0.259 e. The van der Waals surface area contributed by atoms with Crippen LogP contribution in [-0.4, -0.2) is 17.1 Å². The summed E-state index contributed by atoms with van der Waals surface area (Å²) in [5, 5.41) is 12.8. The van der Waals surface area contributed by atoms with Gasteiger partial charge in [0.15, 0.2) is 0 Å². The molecule has 4 nitrogen and oxygen atoms in total. The molecule has 1 amide bonds. The zero-order valence-electron chi connectivity index (χ0n) is 11.8. The van der Waals surface area contributed by atoms with E-state index < -0.39 is 5.91 Å². The predicted octanol–water partition coefficient (Wildman–Crippen LogP) is 4.09. The number of phenolic OH excluding ortho intramolecular Hbond substituents is 1. The third-order valence-corrected chi connectivity index (χ3v) is 2.94. The van der Waals surface area contributed by atoms with Crippen LogP contribution in [0.25, 0.3) is 0 Å². The highest BCUT2D eigenvalue weighted by Crippen LogP contribution is 2.27. The molecule has 21 heavy (non-hydrogen) atoms. The lowest BCUT2D eigenvalue weighted by Crippen LogP contribution is -2.15. The summed E-state index contributed by atoms with van der Waals surface area (Å²) in [4.78, 5) is 12.4. The topological polar surface area (TPSA) is 58.6 Å². The van der Waals surface area contributed by atoms with E-state index in [2.05, 4.69) is 5.32 Å². The highest BCUT2D eigenvalue weighted by atomic mass is 35.5. The predicted molar refractivity (Wildman–Crippen MR) is 83.3 cm³/mol. The fourth-order valence-corrected chi connectivity index (χ4v) is 1.98. The molecule has 0 aliphatic carbocycles. The molecule has 0 radical (unpaired) electrons. The van der Waals surface area contributed by atoms with Gasteiger partial charge in [0.05, 0.1) is 17.4 Å². The number of carbonyl (C=O) groups excluding carboxylic acids is 1. The zero-order chi connectivity index (χ0) is 15.4. The molecule has 110 valence electrons. The maximum Gasteiger partial charge on any atom is 0.259 e. The fourth-order valence-electron chi connectivity index (χ4n) is 1.81. The van der Waals surface area contributed by atoms with Crippen molar-refractivity contribution in [3.63, 3.8) is 0 Å². The summed E-state index contributed by atoms with van der Waals surface area (Å²) in [5.74, 6) is 0.0520. The molecular weight excluding hydrogens is 290 g/mol. The van der Waals surface area contributed by atoms with Crippen LogP contribution in [-0.2, 0) is 0 Å². The minimum atomic E-state index is -0.394. The minimum Gasteiger partial charge on any atom is -0.506 e. The lowest BCUT2D eigenvalue weighted by Gasteiger charge is -2.15. The second-order valence-electron chi connectivity index (χ2n) is 4.78. The van der Waals surface area contributed by atoms with Crippen molar-refractivity contribution in [1.82, 2.24) is 0 Å². The number of amides is 1. The number of aromatic hydroxyl groups is 1. The summed E-state index contributed by atoms with van der Waals surface area (Å²) >= 11 is 5.95. The molecule has 2 aromatic rings. The largest absolute Gasteiger partial charge is 0.506 e. The lowest BCUT2D eigenvalue weighted by atomic mass is 10.1. The van der Waals surface area contributed by atoms with E-state index in [4.69, 9.17) is 16.3 Å². The Balaban J connectivity index is 2.30. The Morgan fingerprint density at radius 2 is 1.95 bits per heavy atom. The van der Waals surface area contributed by atoms with Gasteiger partial charge in [0.1, 0.15) is 11.5 Å². The van der Waals surface area contributed by atoms with Crippen LogP contribution < -0.4 is 10.1 Å². The summed E-state index contributed by atoms with van der Waals surface area (Å²) in [6, 6.07) is 11.4. The normalized spacial score (nSPS) is 10.5. The van der Waals surface area contributed by atoms with Crippen LogP contribution in [0.3, 0.4) is 0 Å². The average Bonchev–Trinajstić information content (AvgIpc) is 2.43. The van der Waals surface area contributed by atoms with Crippen LogP contribution in [0.1, 0.15) is 24.2 Å². The first-order valence-corrected chi connectivity index (χ1v) is 6.90. The van der Waals surface area contributed by atoms with Gasteiger partial charge in [-0.25, -0.2) is 0 Å². The molecule has 0 fully saturated rings. The van der Waals surface area contributed by atoms with E-state index in [1.165, 1.54) is 12.1 Å². The van der Waals surface area contributed by atoms with E-state index in [0.29, 0.717) is 22.0 Å². The summed E-state index contributed by atoms with van der Waals surface area (Å²) in [7, 11) is 0. The molecule has 0 unspecified atom stereocenters. The van der Waals surface area contributed by atoms with Gasteiger partial charge in [0.2, 0.25) is 0 Å². The molecule has 0 saturated heterocycles. The third-order valence-electron chi connectivity index (χ3n) is 2.70. The van der Waals surface area contributed by atoms with Gasteiger partial charge in [-0.1, -0.05) is 23.7 Å². The van der Waals surface area contributed by atoms with Crippen molar-refractivity contribution >= 4 is 23.2 Å². The first kappa shape index (κ1) is 15.2. The van der Waals surface area contributed by atoms with Gasteiger partial charge >= 0.3 is 0 Å². The average molecular weight is 306 g/mol. The molecule has 0 saturated carbocycles. The molecule has 5 heteroatoms. The Bertz CT molecular complexity index is 656. The molecule has 2 aromatic carbocycles. The quantitative estimate of drug-likeness (QED) is 0.837. The van der Waals surface area contributed by atoms with Crippen LogP contribution in [0.2, 0.25) is 5.02 Å². The van der Waals surface area contributed by atoms with Crippen LogP contribution >= 0.6 is 11.6 Å². The summed E-state index contributed by atoms with van der Waals surface area (Å²) in [6.45, 7) is 3.75.